The summed E-state index contributed by atoms with van der Waals surface area (Å²) in [6.45, 7) is 2.44. The minimum Gasteiger partial charge on any atom is -0.477 e. The Balaban J connectivity index is 2.28. The highest BCUT2D eigenvalue weighted by Crippen LogP contribution is 2.15. The second-order valence-electron chi connectivity index (χ2n) is 3.28. The molecule has 0 saturated carbocycles. The molecule has 6 nitrogen and oxygen atoms in total. The number of nitrogens with zero attached hydrogens (tertiary/aromatic N) is 3. The zero-order chi connectivity index (χ0) is 11.5. The van der Waals surface area contributed by atoms with Gasteiger partial charge in [-0.15, -0.1) is 0 Å². The first-order chi connectivity index (χ1) is 7.66. The van der Waals surface area contributed by atoms with Gasteiger partial charge in [-0.1, -0.05) is 11.6 Å². The summed E-state index contributed by atoms with van der Waals surface area (Å²) in [5, 5.41) is 8.97. The first kappa shape index (κ1) is 11.1. The lowest BCUT2D eigenvalue weighted by atomic mass is 10.4. The largest absolute Gasteiger partial charge is 0.477 e. The van der Waals surface area contributed by atoms with Gasteiger partial charge in [-0.05, 0) is 0 Å². The van der Waals surface area contributed by atoms with Gasteiger partial charge in [0.2, 0.25) is 5.95 Å². The summed E-state index contributed by atoms with van der Waals surface area (Å²) < 4.78 is 5.18. The Kier molecular flexibility index (Phi) is 3.21. The number of halogens is 1. The summed E-state index contributed by atoms with van der Waals surface area (Å²) in [7, 11) is 0. The fourth-order valence-corrected chi connectivity index (χ4v) is 1.60. The lowest BCUT2D eigenvalue weighted by Gasteiger charge is -2.26. The molecule has 1 aromatic heterocycles. The van der Waals surface area contributed by atoms with Gasteiger partial charge in [0.15, 0.2) is 5.69 Å². The molecule has 0 aromatic carbocycles. The molecule has 1 aliphatic rings. The molecule has 2 heterocycles. The Morgan fingerprint density at radius 1 is 1.44 bits per heavy atom. The maximum Gasteiger partial charge on any atom is 0.354 e. The van der Waals surface area contributed by atoms with E-state index in [2.05, 4.69) is 9.97 Å². The average molecular weight is 244 g/mol. The summed E-state index contributed by atoms with van der Waals surface area (Å²) in [6.07, 6.45) is 0. The van der Waals surface area contributed by atoms with E-state index in [1.807, 2.05) is 4.90 Å². The van der Waals surface area contributed by atoms with Gasteiger partial charge in [-0.2, -0.15) is 0 Å². The molecule has 0 amide bonds. The van der Waals surface area contributed by atoms with Crippen molar-refractivity contribution in [1.82, 2.24) is 9.97 Å². The maximum absolute atomic E-state index is 10.8. The van der Waals surface area contributed by atoms with Gasteiger partial charge in [0, 0.05) is 19.2 Å². The minimum absolute atomic E-state index is 0.0958. The van der Waals surface area contributed by atoms with Gasteiger partial charge in [-0.25, -0.2) is 14.8 Å². The van der Waals surface area contributed by atoms with Crippen LogP contribution in [0.15, 0.2) is 6.07 Å². The smallest absolute Gasteiger partial charge is 0.354 e. The van der Waals surface area contributed by atoms with Crippen LogP contribution in [0.25, 0.3) is 0 Å². The molecular formula is C9H10ClN3O3. The molecule has 0 unspecified atom stereocenters. The van der Waals surface area contributed by atoms with E-state index in [1.165, 1.54) is 6.07 Å². The van der Waals surface area contributed by atoms with Crippen molar-refractivity contribution >= 4 is 23.5 Å². The second kappa shape index (κ2) is 4.63. The predicted molar refractivity (Wildman–Crippen MR) is 57.0 cm³/mol. The molecule has 0 aliphatic carbocycles. The average Bonchev–Trinajstić information content (AvgIpc) is 2.29. The van der Waals surface area contributed by atoms with Crippen LogP contribution in [0, 0.1) is 0 Å². The Labute approximate surface area is 96.8 Å². The van der Waals surface area contributed by atoms with Crippen LogP contribution in [0.4, 0.5) is 5.95 Å². The predicted octanol–water partition coefficient (Wildman–Crippen LogP) is 0.665. The summed E-state index contributed by atoms with van der Waals surface area (Å²) in [5.41, 5.74) is -0.0958. The number of aromatic carboxylic acids is 1. The minimum atomic E-state index is -1.11. The number of carboxylic acids is 1. The Morgan fingerprint density at radius 2 is 2.12 bits per heavy atom. The molecule has 1 saturated heterocycles. The van der Waals surface area contributed by atoms with E-state index in [1.54, 1.807) is 0 Å². The molecule has 0 spiro atoms. The monoisotopic (exact) mass is 243 g/mol. The third-order valence-corrected chi connectivity index (χ3v) is 2.39. The zero-order valence-electron chi connectivity index (χ0n) is 8.39. The SMILES string of the molecule is O=C(O)c1cc(Cl)nc(N2CCOCC2)n1. The number of anilines is 1. The third kappa shape index (κ3) is 2.40. The molecule has 1 N–H and O–H groups in total. The van der Waals surface area contributed by atoms with Crippen LogP contribution in [0.3, 0.4) is 0 Å². The highest BCUT2D eigenvalue weighted by atomic mass is 35.5. The van der Waals surface area contributed by atoms with E-state index in [-0.39, 0.29) is 10.8 Å². The van der Waals surface area contributed by atoms with Gasteiger partial charge in [-0.3, -0.25) is 0 Å². The van der Waals surface area contributed by atoms with Crippen molar-refractivity contribution in [1.29, 1.82) is 0 Å². The molecule has 1 fully saturated rings. The van der Waals surface area contributed by atoms with Crippen LogP contribution in [0.1, 0.15) is 10.5 Å². The van der Waals surface area contributed by atoms with Gasteiger partial charge >= 0.3 is 5.97 Å². The number of hydrogen-bond donors (Lipinski definition) is 1. The topological polar surface area (TPSA) is 75.5 Å². The molecule has 16 heavy (non-hydrogen) atoms. The highest BCUT2D eigenvalue weighted by Gasteiger charge is 2.17. The van der Waals surface area contributed by atoms with E-state index >= 15 is 0 Å². The van der Waals surface area contributed by atoms with Crippen LogP contribution < -0.4 is 4.90 Å². The summed E-state index contributed by atoms with van der Waals surface area (Å²) >= 11 is 5.74. The fourth-order valence-electron chi connectivity index (χ4n) is 1.42. The summed E-state index contributed by atoms with van der Waals surface area (Å²) in [6, 6.07) is 1.23. The van der Waals surface area contributed by atoms with E-state index in [9.17, 15) is 4.79 Å². The molecule has 1 aliphatic heterocycles. The van der Waals surface area contributed by atoms with Gasteiger partial charge in [0.25, 0.3) is 0 Å². The molecule has 86 valence electrons. The van der Waals surface area contributed by atoms with E-state index in [0.29, 0.717) is 32.3 Å². The van der Waals surface area contributed by atoms with E-state index in [0.717, 1.165) is 0 Å². The van der Waals surface area contributed by atoms with Gasteiger partial charge in [0.1, 0.15) is 5.15 Å². The summed E-state index contributed by atoms with van der Waals surface area (Å²) in [4.78, 5) is 20.6. The number of morpholine rings is 1. The standard InChI is InChI=1S/C9H10ClN3O3/c10-7-5-6(8(14)15)11-9(12-7)13-1-3-16-4-2-13/h5H,1-4H2,(H,14,15). The van der Waals surface area contributed by atoms with Crippen LogP contribution in [0.2, 0.25) is 5.15 Å². The first-order valence-electron chi connectivity index (χ1n) is 4.77. The Bertz CT molecular complexity index is 407. The molecule has 1 aromatic rings. The molecule has 0 radical (unpaired) electrons. The van der Waals surface area contributed by atoms with Crippen LogP contribution in [0.5, 0.6) is 0 Å². The van der Waals surface area contributed by atoms with Crippen LogP contribution in [-0.4, -0.2) is 47.3 Å². The van der Waals surface area contributed by atoms with Crippen LogP contribution >= 0.6 is 11.6 Å². The Morgan fingerprint density at radius 3 is 2.75 bits per heavy atom. The molecule has 2 rings (SSSR count). The van der Waals surface area contributed by atoms with E-state index < -0.39 is 5.97 Å². The van der Waals surface area contributed by atoms with Crippen molar-refractivity contribution < 1.29 is 14.6 Å². The Hall–Kier alpha value is -1.40. The summed E-state index contributed by atoms with van der Waals surface area (Å²) in [5.74, 6) is -0.771. The zero-order valence-corrected chi connectivity index (χ0v) is 9.15. The van der Waals surface area contributed by atoms with Crippen molar-refractivity contribution in [2.24, 2.45) is 0 Å². The van der Waals surface area contributed by atoms with Crippen molar-refractivity contribution in [2.75, 3.05) is 31.2 Å². The van der Waals surface area contributed by atoms with Crippen molar-refractivity contribution in [3.8, 4) is 0 Å². The van der Waals surface area contributed by atoms with Crippen molar-refractivity contribution in [2.45, 2.75) is 0 Å². The number of rotatable bonds is 2. The lowest BCUT2D eigenvalue weighted by Crippen LogP contribution is -2.37. The third-order valence-electron chi connectivity index (χ3n) is 2.20. The number of carboxylic acid groups (broad SMARTS) is 1. The van der Waals surface area contributed by atoms with Crippen molar-refractivity contribution in [3.05, 3.63) is 16.9 Å². The fraction of sp³-hybridized carbons (Fsp3) is 0.444. The second-order valence-corrected chi connectivity index (χ2v) is 3.67. The van der Waals surface area contributed by atoms with Crippen molar-refractivity contribution in [3.63, 3.8) is 0 Å². The van der Waals surface area contributed by atoms with E-state index in [4.69, 9.17) is 21.4 Å². The number of hydrogen-bond acceptors (Lipinski definition) is 5. The number of carbonyl (C=O) groups is 1. The molecule has 0 bridgehead atoms. The highest BCUT2D eigenvalue weighted by molar-refractivity contribution is 6.29. The van der Waals surface area contributed by atoms with Crippen LogP contribution in [-0.2, 0) is 4.74 Å². The number of ether oxygens (including phenoxy) is 1. The lowest BCUT2D eigenvalue weighted by molar-refractivity contribution is 0.0690. The number of aromatic nitrogens is 2. The molecular weight excluding hydrogens is 234 g/mol. The van der Waals surface area contributed by atoms with Gasteiger partial charge in [0.05, 0.1) is 13.2 Å². The molecule has 0 atom stereocenters. The molecule has 7 heteroatoms. The normalized spacial score (nSPS) is 16.2. The maximum atomic E-state index is 10.8. The van der Waals surface area contributed by atoms with Gasteiger partial charge < -0.3 is 14.7 Å². The first-order valence-corrected chi connectivity index (χ1v) is 5.15. The quantitative estimate of drug-likeness (QED) is 0.770.